The standard InChI is InChI=1S/C23H35Cl2N3O5S/c1-3-15-34(31,32)27(13-14-33-2)18-23(30)28(17-19-5-4-6-20(25)16-19)21-8-11-26(12-9-21)22(29)7-10-24/h4-6,16,21H,3,7-15,17-18H2,1-2H3. The number of amides is 2. The summed E-state index contributed by atoms with van der Waals surface area (Å²) in [5, 5.41) is 0.568. The van der Waals surface area contributed by atoms with E-state index in [2.05, 4.69) is 0 Å². The van der Waals surface area contributed by atoms with Crippen LogP contribution in [0.1, 0.15) is 38.2 Å². The topological polar surface area (TPSA) is 87.2 Å². The monoisotopic (exact) mass is 535 g/mol. The maximum Gasteiger partial charge on any atom is 0.238 e. The van der Waals surface area contributed by atoms with Crippen molar-refractivity contribution >= 4 is 45.0 Å². The molecule has 8 nitrogen and oxygen atoms in total. The lowest BCUT2D eigenvalue weighted by Gasteiger charge is -2.39. The van der Waals surface area contributed by atoms with Crippen molar-refractivity contribution in [2.45, 2.75) is 45.2 Å². The summed E-state index contributed by atoms with van der Waals surface area (Å²) in [7, 11) is -2.09. The van der Waals surface area contributed by atoms with E-state index in [0.717, 1.165) is 5.56 Å². The number of ether oxygens (including phenoxy) is 1. The molecule has 1 aliphatic rings. The Hall–Kier alpha value is -1.39. The van der Waals surface area contributed by atoms with Gasteiger partial charge in [0.05, 0.1) is 18.9 Å². The minimum Gasteiger partial charge on any atom is -0.383 e. The van der Waals surface area contributed by atoms with Gasteiger partial charge in [0.15, 0.2) is 0 Å². The Morgan fingerprint density at radius 3 is 2.53 bits per heavy atom. The van der Waals surface area contributed by atoms with Crippen LogP contribution >= 0.6 is 23.2 Å². The van der Waals surface area contributed by atoms with E-state index in [9.17, 15) is 18.0 Å². The molecule has 1 saturated heterocycles. The summed E-state index contributed by atoms with van der Waals surface area (Å²) >= 11 is 11.9. The number of nitrogens with zero attached hydrogens (tertiary/aromatic N) is 3. The number of rotatable bonds is 13. The highest BCUT2D eigenvalue weighted by molar-refractivity contribution is 7.89. The fourth-order valence-corrected chi connectivity index (χ4v) is 5.87. The molecular weight excluding hydrogens is 501 g/mol. The molecule has 0 aromatic heterocycles. The summed E-state index contributed by atoms with van der Waals surface area (Å²) in [4.78, 5) is 29.2. The van der Waals surface area contributed by atoms with Gasteiger partial charge >= 0.3 is 0 Å². The summed E-state index contributed by atoms with van der Waals surface area (Å²) in [5.41, 5.74) is 0.862. The molecule has 11 heteroatoms. The Bertz CT molecular complexity index is 908. The van der Waals surface area contributed by atoms with E-state index in [1.807, 2.05) is 12.1 Å². The molecule has 192 valence electrons. The number of methoxy groups -OCH3 is 1. The minimum absolute atomic E-state index is 0.0116. The van der Waals surface area contributed by atoms with Crippen LogP contribution in [0.2, 0.25) is 5.02 Å². The van der Waals surface area contributed by atoms with Crippen molar-refractivity contribution in [3.05, 3.63) is 34.9 Å². The van der Waals surface area contributed by atoms with E-state index in [1.165, 1.54) is 11.4 Å². The molecule has 0 bridgehead atoms. The molecule has 0 spiro atoms. The average Bonchev–Trinajstić information content (AvgIpc) is 2.80. The summed E-state index contributed by atoms with van der Waals surface area (Å²) in [5.74, 6) is -0.0139. The summed E-state index contributed by atoms with van der Waals surface area (Å²) in [6.07, 6.45) is 1.97. The van der Waals surface area contributed by atoms with Gasteiger partial charge in [-0.3, -0.25) is 9.59 Å². The number of carbonyl (C=O) groups is 2. The van der Waals surface area contributed by atoms with Crippen molar-refractivity contribution in [3.8, 4) is 0 Å². The van der Waals surface area contributed by atoms with Crippen LogP contribution in [-0.4, -0.2) is 91.9 Å². The smallest absolute Gasteiger partial charge is 0.238 e. The van der Waals surface area contributed by atoms with Crippen LogP contribution < -0.4 is 0 Å². The molecule has 34 heavy (non-hydrogen) atoms. The molecule has 0 saturated carbocycles. The first kappa shape index (κ1) is 28.8. The minimum atomic E-state index is -3.59. The number of hydrogen-bond acceptors (Lipinski definition) is 5. The Balaban J connectivity index is 2.22. The SMILES string of the molecule is CCCS(=O)(=O)N(CCOC)CC(=O)N(Cc1cccc(Cl)c1)C1CCN(C(=O)CCCl)CC1. The van der Waals surface area contributed by atoms with Crippen LogP contribution in [0.5, 0.6) is 0 Å². The van der Waals surface area contributed by atoms with Gasteiger partial charge < -0.3 is 14.5 Å². The van der Waals surface area contributed by atoms with Gasteiger partial charge in [-0.15, -0.1) is 11.6 Å². The molecule has 0 N–H and O–H groups in total. The summed E-state index contributed by atoms with van der Waals surface area (Å²) in [6, 6.07) is 7.16. The second-order valence-electron chi connectivity index (χ2n) is 8.34. The maximum absolute atomic E-state index is 13.5. The van der Waals surface area contributed by atoms with E-state index < -0.39 is 10.0 Å². The average molecular weight is 537 g/mol. The van der Waals surface area contributed by atoms with Crippen LogP contribution in [0.4, 0.5) is 0 Å². The number of piperidine rings is 1. The van der Waals surface area contributed by atoms with Crippen LogP contribution in [0.25, 0.3) is 0 Å². The molecule has 0 radical (unpaired) electrons. The molecule has 0 unspecified atom stereocenters. The molecule has 1 aliphatic heterocycles. The number of alkyl halides is 1. The highest BCUT2D eigenvalue weighted by atomic mass is 35.5. The molecule has 0 aliphatic carbocycles. The highest BCUT2D eigenvalue weighted by Gasteiger charge is 2.32. The van der Waals surface area contributed by atoms with Crippen molar-refractivity contribution in [3.63, 3.8) is 0 Å². The fraction of sp³-hybridized carbons (Fsp3) is 0.652. The first-order valence-corrected chi connectivity index (χ1v) is 14.1. The fourth-order valence-electron chi connectivity index (χ4n) is 4.06. The van der Waals surface area contributed by atoms with Crippen molar-refractivity contribution in [1.29, 1.82) is 0 Å². The van der Waals surface area contributed by atoms with Gasteiger partial charge in [-0.2, -0.15) is 4.31 Å². The zero-order valence-electron chi connectivity index (χ0n) is 19.9. The van der Waals surface area contributed by atoms with Crippen LogP contribution in [0.15, 0.2) is 24.3 Å². The van der Waals surface area contributed by atoms with Crippen LogP contribution in [0.3, 0.4) is 0 Å². The molecule has 2 amide bonds. The van der Waals surface area contributed by atoms with Crippen molar-refractivity contribution in [1.82, 2.24) is 14.1 Å². The Kier molecular flexibility index (Phi) is 12.1. The van der Waals surface area contributed by atoms with E-state index in [4.69, 9.17) is 27.9 Å². The van der Waals surface area contributed by atoms with E-state index in [0.29, 0.717) is 50.3 Å². The number of halogens is 2. The number of carbonyl (C=O) groups excluding carboxylic acids is 2. The zero-order chi connectivity index (χ0) is 25.1. The molecule has 1 heterocycles. The lowest BCUT2D eigenvalue weighted by Crippen LogP contribution is -2.51. The van der Waals surface area contributed by atoms with Crippen molar-refractivity contribution < 1.29 is 22.7 Å². The van der Waals surface area contributed by atoms with Gasteiger partial charge in [0, 0.05) is 56.7 Å². The molecule has 1 aromatic rings. The number of hydrogen-bond donors (Lipinski definition) is 0. The maximum atomic E-state index is 13.5. The largest absolute Gasteiger partial charge is 0.383 e. The van der Waals surface area contributed by atoms with E-state index in [1.54, 1.807) is 28.9 Å². The zero-order valence-corrected chi connectivity index (χ0v) is 22.2. The number of benzene rings is 1. The van der Waals surface area contributed by atoms with Gasteiger partial charge in [-0.1, -0.05) is 30.7 Å². The highest BCUT2D eigenvalue weighted by Crippen LogP contribution is 2.22. The Morgan fingerprint density at radius 1 is 1.24 bits per heavy atom. The molecule has 1 fully saturated rings. The third-order valence-electron chi connectivity index (χ3n) is 5.84. The van der Waals surface area contributed by atoms with Gasteiger partial charge in [0.25, 0.3) is 0 Å². The van der Waals surface area contributed by atoms with Gasteiger partial charge in [-0.25, -0.2) is 8.42 Å². The van der Waals surface area contributed by atoms with Gasteiger partial charge in [-0.05, 0) is 37.0 Å². The third-order valence-corrected chi connectivity index (χ3v) is 8.29. The molecule has 1 aromatic carbocycles. The van der Waals surface area contributed by atoms with Gasteiger partial charge in [0.2, 0.25) is 21.8 Å². The molecule has 0 atom stereocenters. The van der Waals surface area contributed by atoms with Gasteiger partial charge in [0.1, 0.15) is 0 Å². The van der Waals surface area contributed by atoms with Crippen molar-refractivity contribution in [2.24, 2.45) is 0 Å². The normalized spacial score (nSPS) is 15.0. The van der Waals surface area contributed by atoms with Crippen LogP contribution in [0, 0.1) is 0 Å². The first-order valence-electron chi connectivity index (χ1n) is 11.6. The Labute approximate surface area is 213 Å². The van der Waals surface area contributed by atoms with E-state index >= 15 is 0 Å². The predicted molar refractivity (Wildman–Crippen MR) is 134 cm³/mol. The second-order valence-corrected chi connectivity index (χ2v) is 11.2. The summed E-state index contributed by atoms with van der Waals surface area (Å²) in [6.45, 7) is 3.22. The number of sulfonamides is 1. The third kappa shape index (κ3) is 8.68. The van der Waals surface area contributed by atoms with Crippen molar-refractivity contribution in [2.75, 3.05) is 51.5 Å². The lowest BCUT2D eigenvalue weighted by atomic mass is 10.0. The van der Waals surface area contributed by atoms with E-state index in [-0.39, 0.29) is 49.2 Å². The Morgan fingerprint density at radius 2 is 1.94 bits per heavy atom. The first-order chi connectivity index (χ1) is 16.2. The van der Waals surface area contributed by atoms with Crippen LogP contribution in [-0.2, 0) is 30.9 Å². The molecule has 2 rings (SSSR count). The second kappa shape index (κ2) is 14.2. The lowest BCUT2D eigenvalue weighted by molar-refractivity contribution is -0.137. The predicted octanol–water partition coefficient (Wildman–Crippen LogP) is 2.98. The molecular formula is C23H35Cl2N3O5S. The quantitative estimate of drug-likeness (QED) is 0.362. The summed E-state index contributed by atoms with van der Waals surface area (Å²) < 4.78 is 31.9. The number of likely N-dealkylation sites (tertiary alicyclic amines) is 1.